The molecule has 0 unspecified atom stereocenters. The maximum Gasteiger partial charge on any atom is 0.250 e. The maximum atomic E-state index is 11.7. The van der Waals surface area contributed by atoms with Gasteiger partial charge in [-0.15, -0.1) is 0 Å². The van der Waals surface area contributed by atoms with Gasteiger partial charge in [0.05, 0.1) is 0 Å². The van der Waals surface area contributed by atoms with Gasteiger partial charge in [0, 0.05) is 15.7 Å². The van der Waals surface area contributed by atoms with Crippen LogP contribution in [0.5, 0.6) is 0 Å². The summed E-state index contributed by atoms with van der Waals surface area (Å²) in [6, 6.07) is 5.84. The van der Waals surface area contributed by atoms with Crippen LogP contribution in [0.1, 0.15) is 25.8 Å². The Morgan fingerprint density at radius 2 is 2.12 bits per heavy atom. The molecule has 1 N–H and O–H groups in total. The van der Waals surface area contributed by atoms with Crippen molar-refractivity contribution >= 4 is 27.5 Å². The number of hydrogen-bond acceptors (Lipinski definition) is 1. The van der Waals surface area contributed by atoms with Crippen LogP contribution in [-0.4, -0.2) is 5.91 Å². The molecule has 0 aliphatic carbocycles. The largest absolute Gasteiger partial charge is 0.322 e. The lowest BCUT2D eigenvalue weighted by atomic mass is 10.2. The molecule has 0 fully saturated rings. The lowest BCUT2D eigenvalue weighted by Gasteiger charge is -2.07. The summed E-state index contributed by atoms with van der Waals surface area (Å²) in [5.74, 6) is -0.0423. The van der Waals surface area contributed by atoms with Crippen molar-refractivity contribution < 1.29 is 4.79 Å². The fourth-order valence-corrected chi connectivity index (χ4v) is 2.04. The molecule has 0 aliphatic rings. The van der Waals surface area contributed by atoms with Crippen LogP contribution in [0.3, 0.4) is 0 Å². The third-order valence-electron chi connectivity index (χ3n) is 2.17. The summed E-state index contributed by atoms with van der Waals surface area (Å²) in [7, 11) is 0. The van der Waals surface area contributed by atoms with E-state index in [1.807, 2.05) is 45.0 Å². The van der Waals surface area contributed by atoms with Crippen molar-refractivity contribution in [3.05, 3.63) is 39.9 Å². The van der Waals surface area contributed by atoms with Gasteiger partial charge in [0.15, 0.2) is 0 Å². The third kappa shape index (κ3) is 3.81. The van der Waals surface area contributed by atoms with Crippen molar-refractivity contribution in [1.82, 2.24) is 0 Å². The molecule has 16 heavy (non-hydrogen) atoms. The van der Waals surface area contributed by atoms with Crippen molar-refractivity contribution in [2.75, 3.05) is 5.32 Å². The summed E-state index contributed by atoms with van der Waals surface area (Å²) in [5.41, 5.74) is 2.68. The van der Waals surface area contributed by atoms with Crippen LogP contribution in [0.15, 0.2) is 34.3 Å². The predicted octanol–water partition coefficient (Wildman–Crippen LogP) is 4.05. The Hall–Kier alpha value is -1.09. The molecule has 86 valence electrons. The van der Waals surface area contributed by atoms with Gasteiger partial charge in [-0.1, -0.05) is 28.9 Å². The van der Waals surface area contributed by atoms with E-state index in [-0.39, 0.29) is 5.91 Å². The van der Waals surface area contributed by atoms with Crippen molar-refractivity contribution in [2.24, 2.45) is 0 Å². The molecule has 0 radical (unpaired) electrons. The second-order valence-electron chi connectivity index (χ2n) is 3.77. The molecular formula is C13H16BrNO. The number of halogens is 1. The van der Waals surface area contributed by atoms with E-state index in [0.29, 0.717) is 0 Å². The van der Waals surface area contributed by atoms with Gasteiger partial charge in [0.2, 0.25) is 0 Å². The SMILES string of the molecule is CC/C=C(/C)C(=O)Nc1cc(C)cc(Br)c1. The van der Waals surface area contributed by atoms with Gasteiger partial charge in [0.1, 0.15) is 0 Å². The fraction of sp³-hybridized carbons (Fsp3) is 0.308. The van der Waals surface area contributed by atoms with E-state index in [9.17, 15) is 4.79 Å². The molecule has 0 aliphatic heterocycles. The Bertz CT molecular complexity index is 404. The lowest BCUT2D eigenvalue weighted by molar-refractivity contribution is -0.112. The number of anilines is 1. The number of hydrogen-bond donors (Lipinski definition) is 1. The van der Waals surface area contributed by atoms with Crippen LogP contribution >= 0.6 is 15.9 Å². The first kappa shape index (κ1) is 13.0. The van der Waals surface area contributed by atoms with E-state index < -0.39 is 0 Å². The van der Waals surface area contributed by atoms with Crippen LogP contribution in [0.25, 0.3) is 0 Å². The minimum Gasteiger partial charge on any atom is -0.322 e. The zero-order valence-electron chi connectivity index (χ0n) is 9.80. The van der Waals surface area contributed by atoms with Crippen LogP contribution in [-0.2, 0) is 4.79 Å². The quantitative estimate of drug-likeness (QED) is 0.832. The van der Waals surface area contributed by atoms with Crippen molar-refractivity contribution in [3.63, 3.8) is 0 Å². The molecule has 0 aromatic heterocycles. The molecule has 3 heteroatoms. The summed E-state index contributed by atoms with van der Waals surface area (Å²) in [4.78, 5) is 11.7. The summed E-state index contributed by atoms with van der Waals surface area (Å²) >= 11 is 3.40. The van der Waals surface area contributed by atoms with Crippen molar-refractivity contribution in [1.29, 1.82) is 0 Å². The van der Waals surface area contributed by atoms with E-state index in [0.717, 1.165) is 27.7 Å². The normalized spacial score (nSPS) is 11.4. The number of nitrogens with one attached hydrogen (secondary N) is 1. The standard InChI is InChI=1S/C13H16BrNO/c1-4-5-10(3)13(16)15-12-7-9(2)6-11(14)8-12/h5-8H,4H2,1-3H3,(H,15,16)/b10-5-. The molecular weight excluding hydrogens is 266 g/mol. The van der Waals surface area contributed by atoms with Gasteiger partial charge in [-0.3, -0.25) is 4.79 Å². The number of rotatable bonds is 3. The number of carbonyl (C=O) groups excluding carboxylic acids is 1. The number of amides is 1. The van der Waals surface area contributed by atoms with Gasteiger partial charge < -0.3 is 5.32 Å². The molecule has 1 amide bonds. The molecule has 1 aromatic rings. The molecule has 2 nitrogen and oxygen atoms in total. The number of carbonyl (C=O) groups is 1. The van der Waals surface area contributed by atoms with Gasteiger partial charge in [-0.05, 0) is 44.0 Å². The topological polar surface area (TPSA) is 29.1 Å². The lowest BCUT2D eigenvalue weighted by Crippen LogP contribution is -2.12. The maximum absolute atomic E-state index is 11.7. The third-order valence-corrected chi connectivity index (χ3v) is 2.63. The van der Waals surface area contributed by atoms with Gasteiger partial charge in [0.25, 0.3) is 5.91 Å². The zero-order chi connectivity index (χ0) is 12.1. The average Bonchev–Trinajstić information content (AvgIpc) is 2.16. The van der Waals surface area contributed by atoms with Crippen LogP contribution in [0.4, 0.5) is 5.69 Å². The van der Waals surface area contributed by atoms with E-state index in [4.69, 9.17) is 0 Å². The molecule has 0 bridgehead atoms. The molecule has 0 saturated heterocycles. The first-order valence-corrected chi connectivity index (χ1v) is 6.07. The minimum absolute atomic E-state index is 0.0423. The fourth-order valence-electron chi connectivity index (χ4n) is 1.44. The first-order chi connectivity index (χ1) is 7.52. The van der Waals surface area contributed by atoms with E-state index in [2.05, 4.69) is 21.2 Å². The van der Waals surface area contributed by atoms with Gasteiger partial charge in [-0.2, -0.15) is 0 Å². The van der Waals surface area contributed by atoms with Gasteiger partial charge in [-0.25, -0.2) is 0 Å². The van der Waals surface area contributed by atoms with E-state index in [1.54, 1.807) is 0 Å². The highest BCUT2D eigenvalue weighted by Crippen LogP contribution is 2.19. The van der Waals surface area contributed by atoms with Crippen LogP contribution in [0, 0.1) is 6.92 Å². The van der Waals surface area contributed by atoms with Crippen molar-refractivity contribution in [2.45, 2.75) is 27.2 Å². The second-order valence-corrected chi connectivity index (χ2v) is 4.68. The summed E-state index contributed by atoms with van der Waals surface area (Å²) in [6.07, 6.45) is 2.79. The summed E-state index contributed by atoms with van der Waals surface area (Å²) in [5, 5.41) is 2.87. The zero-order valence-corrected chi connectivity index (χ0v) is 11.4. The Labute approximate surface area is 105 Å². The Kier molecular flexibility index (Phi) is 4.74. The Morgan fingerprint density at radius 3 is 2.69 bits per heavy atom. The monoisotopic (exact) mass is 281 g/mol. The molecule has 1 aromatic carbocycles. The number of benzene rings is 1. The number of allylic oxidation sites excluding steroid dienone is 1. The second kappa shape index (κ2) is 5.85. The van der Waals surface area contributed by atoms with E-state index in [1.165, 1.54) is 0 Å². The number of aryl methyl sites for hydroxylation is 1. The average molecular weight is 282 g/mol. The highest BCUT2D eigenvalue weighted by Gasteiger charge is 2.04. The van der Waals surface area contributed by atoms with Gasteiger partial charge >= 0.3 is 0 Å². The highest BCUT2D eigenvalue weighted by atomic mass is 79.9. The van der Waals surface area contributed by atoms with Crippen LogP contribution in [0.2, 0.25) is 0 Å². The van der Waals surface area contributed by atoms with E-state index >= 15 is 0 Å². The van der Waals surface area contributed by atoms with Crippen LogP contribution < -0.4 is 5.32 Å². The van der Waals surface area contributed by atoms with Crippen molar-refractivity contribution in [3.8, 4) is 0 Å². The predicted molar refractivity (Wildman–Crippen MR) is 71.6 cm³/mol. The summed E-state index contributed by atoms with van der Waals surface area (Å²) < 4.78 is 0.972. The molecule has 0 saturated carbocycles. The molecule has 0 atom stereocenters. The Morgan fingerprint density at radius 1 is 1.44 bits per heavy atom. The molecule has 0 spiro atoms. The molecule has 1 rings (SSSR count). The Balaban J connectivity index is 2.81. The summed E-state index contributed by atoms with van der Waals surface area (Å²) in [6.45, 7) is 5.83. The molecule has 0 heterocycles. The first-order valence-electron chi connectivity index (χ1n) is 5.28. The smallest absolute Gasteiger partial charge is 0.250 e. The minimum atomic E-state index is -0.0423. The highest BCUT2D eigenvalue weighted by molar-refractivity contribution is 9.10.